The molecule has 5 nitrogen and oxygen atoms in total. The van der Waals surface area contributed by atoms with E-state index in [2.05, 4.69) is 10.3 Å². The summed E-state index contributed by atoms with van der Waals surface area (Å²) in [6.45, 7) is 3.81. The van der Waals surface area contributed by atoms with E-state index in [-0.39, 0.29) is 17.3 Å². The molecule has 0 saturated heterocycles. The first kappa shape index (κ1) is 14.7. The Hall–Kier alpha value is -2.69. The number of pyridine rings is 1. The molecule has 1 amide bonds. The second-order valence-electron chi connectivity index (χ2n) is 4.81. The highest BCUT2D eigenvalue weighted by Crippen LogP contribution is 2.15. The van der Waals surface area contributed by atoms with Crippen LogP contribution in [0, 0.1) is 6.92 Å². The summed E-state index contributed by atoms with van der Waals surface area (Å²) in [5, 5.41) is 11.9. The summed E-state index contributed by atoms with van der Waals surface area (Å²) in [5.41, 5.74) is 1.87. The minimum absolute atomic E-state index is 0.0792. The zero-order valence-electron chi connectivity index (χ0n) is 11.8. The molecule has 1 atom stereocenters. The molecule has 0 aliphatic rings. The molecule has 0 aliphatic carbocycles. The van der Waals surface area contributed by atoms with Gasteiger partial charge in [-0.25, -0.2) is 4.79 Å². The van der Waals surface area contributed by atoms with Crippen molar-refractivity contribution in [2.24, 2.45) is 0 Å². The van der Waals surface area contributed by atoms with Gasteiger partial charge < -0.3 is 10.4 Å². The van der Waals surface area contributed by atoms with E-state index in [9.17, 15) is 9.59 Å². The SMILES string of the molecule is Cc1cccc([C@@H](C)NC(=O)c2ncccc2C(=O)O)c1. The number of aromatic nitrogens is 1. The molecule has 0 fully saturated rings. The van der Waals surface area contributed by atoms with Gasteiger partial charge in [-0.05, 0) is 31.5 Å². The number of carboxylic acids is 1. The van der Waals surface area contributed by atoms with Crippen LogP contribution in [0.15, 0.2) is 42.6 Å². The molecule has 2 aromatic rings. The maximum Gasteiger partial charge on any atom is 0.338 e. The van der Waals surface area contributed by atoms with Gasteiger partial charge in [0, 0.05) is 6.20 Å². The van der Waals surface area contributed by atoms with E-state index in [0.717, 1.165) is 11.1 Å². The van der Waals surface area contributed by atoms with E-state index in [0.29, 0.717) is 0 Å². The number of hydrogen-bond acceptors (Lipinski definition) is 3. The maximum atomic E-state index is 12.2. The fourth-order valence-electron chi connectivity index (χ4n) is 2.05. The quantitative estimate of drug-likeness (QED) is 0.904. The zero-order valence-corrected chi connectivity index (χ0v) is 11.8. The Balaban J connectivity index is 2.20. The van der Waals surface area contributed by atoms with Crippen LogP contribution in [-0.4, -0.2) is 22.0 Å². The minimum Gasteiger partial charge on any atom is -0.478 e. The Bertz CT molecular complexity index is 683. The van der Waals surface area contributed by atoms with Gasteiger partial charge in [0.1, 0.15) is 5.69 Å². The number of rotatable bonds is 4. The molecular formula is C16H16N2O3. The summed E-state index contributed by atoms with van der Waals surface area (Å²) in [6.07, 6.45) is 1.40. The van der Waals surface area contributed by atoms with Gasteiger partial charge in [0.25, 0.3) is 5.91 Å². The molecule has 0 aliphatic heterocycles. The highest BCUT2D eigenvalue weighted by Gasteiger charge is 2.19. The summed E-state index contributed by atoms with van der Waals surface area (Å²) in [6, 6.07) is 10.4. The molecule has 108 valence electrons. The van der Waals surface area contributed by atoms with E-state index in [4.69, 9.17) is 5.11 Å². The monoisotopic (exact) mass is 284 g/mol. The molecule has 2 rings (SSSR count). The molecule has 1 heterocycles. The fourth-order valence-corrected chi connectivity index (χ4v) is 2.05. The van der Waals surface area contributed by atoms with Crippen LogP contribution >= 0.6 is 0 Å². The smallest absolute Gasteiger partial charge is 0.338 e. The van der Waals surface area contributed by atoms with Crippen LogP contribution in [0.4, 0.5) is 0 Å². The van der Waals surface area contributed by atoms with Crippen molar-refractivity contribution in [2.75, 3.05) is 0 Å². The molecule has 0 spiro atoms. The first-order valence-electron chi connectivity index (χ1n) is 6.55. The summed E-state index contributed by atoms with van der Waals surface area (Å²) >= 11 is 0. The number of benzene rings is 1. The summed E-state index contributed by atoms with van der Waals surface area (Å²) in [4.78, 5) is 27.2. The lowest BCUT2D eigenvalue weighted by Gasteiger charge is -2.15. The number of hydrogen-bond donors (Lipinski definition) is 2. The summed E-state index contributed by atoms with van der Waals surface area (Å²) in [7, 11) is 0. The van der Waals surface area contributed by atoms with Crippen molar-refractivity contribution in [3.05, 3.63) is 65.0 Å². The Kier molecular flexibility index (Phi) is 4.33. The minimum atomic E-state index is -1.17. The molecule has 5 heteroatoms. The summed E-state index contributed by atoms with van der Waals surface area (Å²) < 4.78 is 0. The van der Waals surface area contributed by atoms with Crippen molar-refractivity contribution in [3.8, 4) is 0 Å². The first-order chi connectivity index (χ1) is 9.99. The fraction of sp³-hybridized carbons (Fsp3) is 0.188. The Morgan fingerprint density at radius 2 is 2.00 bits per heavy atom. The van der Waals surface area contributed by atoms with Crippen molar-refractivity contribution < 1.29 is 14.7 Å². The highest BCUT2D eigenvalue weighted by atomic mass is 16.4. The van der Waals surface area contributed by atoms with Crippen molar-refractivity contribution in [3.63, 3.8) is 0 Å². The van der Waals surface area contributed by atoms with Crippen LogP contribution in [0.3, 0.4) is 0 Å². The first-order valence-corrected chi connectivity index (χ1v) is 6.55. The van der Waals surface area contributed by atoms with Crippen LogP contribution in [0.1, 0.15) is 44.9 Å². The normalized spacial score (nSPS) is 11.7. The Labute approximate surface area is 122 Å². The van der Waals surface area contributed by atoms with Gasteiger partial charge in [-0.15, -0.1) is 0 Å². The van der Waals surface area contributed by atoms with Gasteiger partial charge in [0.05, 0.1) is 11.6 Å². The number of carbonyl (C=O) groups is 2. The number of nitrogens with one attached hydrogen (secondary N) is 1. The van der Waals surface area contributed by atoms with Crippen LogP contribution in [0.2, 0.25) is 0 Å². The lowest BCUT2D eigenvalue weighted by atomic mass is 10.1. The number of amides is 1. The average molecular weight is 284 g/mol. The second kappa shape index (κ2) is 6.17. The molecule has 1 aromatic carbocycles. The van der Waals surface area contributed by atoms with Gasteiger partial charge in [-0.2, -0.15) is 0 Å². The van der Waals surface area contributed by atoms with E-state index in [1.165, 1.54) is 18.3 Å². The average Bonchev–Trinajstić information content (AvgIpc) is 2.47. The van der Waals surface area contributed by atoms with Gasteiger partial charge in [0.2, 0.25) is 0 Å². The van der Waals surface area contributed by atoms with Crippen LogP contribution in [0.25, 0.3) is 0 Å². The van der Waals surface area contributed by atoms with Gasteiger partial charge in [0.15, 0.2) is 0 Å². The number of carbonyl (C=O) groups excluding carboxylic acids is 1. The molecule has 0 bridgehead atoms. The third-order valence-corrected chi connectivity index (χ3v) is 3.14. The van der Waals surface area contributed by atoms with Crippen molar-refractivity contribution in [1.82, 2.24) is 10.3 Å². The second-order valence-corrected chi connectivity index (χ2v) is 4.81. The van der Waals surface area contributed by atoms with Crippen molar-refractivity contribution in [1.29, 1.82) is 0 Å². The predicted octanol–water partition coefficient (Wildman–Crippen LogP) is 2.58. The standard InChI is InChI=1S/C16H16N2O3/c1-10-5-3-6-12(9-10)11(2)18-15(19)14-13(16(20)21)7-4-8-17-14/h3-9,11H,1-2H3,(H,18,19)(H,20,21)/t11-/m1/s1. The van der Waals surface area contributed by atoms with Crippen LogP contribution < -0.4 is 5.32 Å². The number of carboxylic acid groups (broad SMARTS) is 1. The molecular weight excluding hydrogens is 268 g/mol. The van der Waals surface area contributed by atoms with Crippen LogP contribution in [0.5, 0.6) is 0 Å². The topological polar surface area (TPSA) is 79.3 Å². The number of aromatic carboxylic acids is 1. The van der Waals surface area contributed by atoms with E-state index < -0.39 is 11.9 Å². The molecule has 2 N–H and O–H groups in total. The van der Waals surface area contributed by atoms with Crippen molar-refractivity contribution >= 4 is 11.9 Å². The zero-order chi connectivity index (χ0) is 15.4. The summed E-state index contributed by atoms with van der Waals surface area (Å²) in [5.74, 6) is -1.67. The highest BCUT2D eigenvalue weighted by molar-refractivity contribution is 6.03. The van der Waals surface area contributed by atoms with E-state index in [1.54, 1.807) is 0 Å². The lowest BCUT2D eigenvalue weighted by Crippen LogP contribution is -2.29. The van der Waals surface area contributed by atoms with Crippen LogP contribution in [-0.2, 0) is 0 Å². The molecule has 0 unspecified atom stereocenters. The van der Waals surface area contributed by atoms with Gasteiger partial charge >= 0.3 is 5.97 Å². The number of aryl methyl sites for hydroxylation is 1. The Morgan fingerprint density at radius 1 is 1.24 bits per heavy atom. The van der Waals surface area contributed by atoms with Gasteiger partial charge in [-0.3, -0.25) is 9.78 Å². The predicted molar refractivity (Wildman–Crippen MR) is 78.3 cm³/mol. The largest absolute Gasteiger partial charge is 0.478 e. The molecule has 1 aromatic heterocycles. The molecule has 0 saturated carbocycles. The Morgan fingerprint density at radius 3 is 2.67 bits per heavy atom. The molecule has 0 radical (unpaired) electrons. The third-order valence-electron chi connectivity index (χ3n) is 3.14. The molecule has 21 heavy (non-hydrogen) atoms. The number of nitrogens with zero attached hydrogens (tertiary/aromatic N) is 1. The third kappa shape index (κ3) is 3.45. The van der Waals surface area contributed by atoms with Gasteiger partial charge in [-0.1, -0.05) is 29.8 Å². The van der Waals surface area contributed by atoms with E-state index >= 15 is 0 Å². The lowest BCUT2D eigenvalue weighted by molar-refractivity contribution is 0.0689. The maximum absolute atomic E-state index is 12.2. The van der Waals surface area contributed by atoms with E-state index in [1.807, 2.05) is 38.1 Å². The van der Waals surface area contributed by atoms with Crippen molar-refractivity contribution in [2.45, 2.75) is 19.9 Å².